The SMILES string of the molecule is Cl.O=C(NCC1(c2ccc(Cl)cc2)CCOCC1)C1CSCN1. The minimum atomic E-state index is -0.0629. The molecular formula is C16H22Cl2N2O2S. The monoisotopic (exact) mass is 376 g/mol. The van der Waals surface area contributed by atoms with Gasteiger partial charge in [-0.25, -0.2) is 0 Å². The number of benzene rings is 1. The van der Waals surface area contributed by atoms with Crippen LogP contribution in [0.3, 0.4) is 0 Å². The van der Waals surface area contributed by atoms with Crippen molar-refractivity contribution < 1.29 is 9.53 Å². The first-order valence-electron chi connectivity index (χ1n) is 7.62. The summed E-state index contributed by atoms with van der Waals surface area (Å²) in [6.07, 6.45) is 1.84. The summed E-state index contributed by atoms with van der Waals surface area (Å²) >= 11 is 7.77. The average molecular weight is 377 g/mol. The summed E-state index contributed by atoms with van der Waals surface area (Å²) < 4.78 is 5.52. The van der Waals surface area contributed by atoms with Crippen molar-refractivity contribution in [2.75, 3.05) is 31.4 Å². The van der Waals surface area contributed by atoms with Crippen LogP contribution in [0.1, 0.15) is 18.4 Å². The van der Waals surface area contributed by atoms with Gasteiger partial charge in [-0.3, -0.25) is 10.1 Å². The van der Waals surface area contributed by atoms with E-state index in [1.165, 1.54) is 5.56 Å². The number of halogens is 2. The second-order valence-electron chi connectivity index (χ2n) is 5.89. The van der Waals surface area contributed by atoms with Crippen molar-refractivity contribution in [3.8, 4) is 0 Å². The number of rotatable bonds is 4. The highest BCUT2D eigenvalue weighted by Gasteiger charge is 2.35. The summed E-state index contributed by atoms with van der Waals surface area (Å²) in [5.41, 5.74) is 1.18. The molecule has 4 nitrogen and oxygen atoms in total. The van der Waals surface area contributed by atoms with Crippen LogP contribution in [0.5, 0.6) is 0 Å². The zero-order chi connectivity index (χ0) is 15.4. The molecule has 1 aromatic carbocycles. The third-order valence-electron chi connectivity index (χ3n) is 4.54. The fraction of sp³-hybridized carbons (Fsp3) is 0.562. The van der Waals surface area contributed by atoms with Gasteiger partial charge in [0.05, 0.1) is 6.04 Å². The third kappa shape index (κ3) is 4.54. The van der Waals surface area contributed by atoms with E-state index < -0.39 is 0 Å². The van der Waals surface area contributed by atoms with E-state index in [1.807, 2.05) is 12.1 Å². The third-order valence-corrected chi connectivity index (χ3v) is 5.73. The Morgan fingerprint density at radius 2 is 2.04 bits per heavy atom. The van der Waals surface area contributed by atoms with Gasteiger partial charge in [0.15, 0.2) is 0 Å². The van der Waals surface area contributed by atoms with Crippen LogP contribution in [0, 0.1) is 0 Å². The Balaban J connectivity index is 0.00000192. The number of carbonyl (C=O) groups is 1. The molecule has 0 aromatic heterocycles. The van der Waals surface area contributed by atoms with E-state index in [0.717, 1.165) is 42.7 Å². The number of thioether (sulfide) groups is 1. The van der Waals surface area contributed by atoms with Crippen molar-refractivity contribution in [3.05, 3.63) is 34.9 Å². The van der Waals surface area contributed by atoms with E-state index in [0.29, 0.717) is 6.54 Å². The first-order chi connectivity index (χ1) is 10.7. The van der Waals surface area contributed by atoms with Crippen molar-refractivity contribution >= 4 is 41.7 Å². The predicted octanol–water partition coefficient (Wildman–Crippen LogP) is 2.59. The molecule has 7 heteroatoms. The van der Waals surface area contributed by atoms with Crippen molar-refractivity contribution in [1.82, 2.24) is 10.6 Å². The van der Waals surface area contributed by atoms with Crippen LogP contribution in [-0.2, 0) is 14.9 Å². The van der Waals surface area contributed by atoms with Gasteiger partial charge in [0.1, 0.15) is 0 Å². The molecule has 2 fully saturated rings. The predicted molar refractivity (Wildman–Crippen MR) is 97.7 cm³/mol. The molecule has 0 aliphatic carbocycles. The van der Waals surface area contributed by atoms with Crippen LogP contribution in [0.15, 0.2) is 24.3 Å². The molecule has 0 bridgehead atoms. The lowest BCUT2D eigenvalue weighted by molar-refractivity contribution is -0.122. The maximum atomic E-state index is 12.3. The number of hydrogen-bond acceptors (Lipinski definition) is 4. The molecule has 2 N–H and O–H groups in total. The molecule has 2 aliphatic heterocycles. The quantitative estimate of drug-likeness (QED) is 0.847. The first-order valence-corrected chi connectivity index (χ1v) is 9.16. The van der Waals surface area contributed by atoms with Gasteiger partial charge in [0.2, 0.25) is 5.91 Å². The van der Waals surface area contributed by atoms with E-state index in [4.69, 9.17) is 16.3 Å². The standard InChI is InChI=1S/C16H21ClN2O2S.ClH/c17-13-3-1-12(2-4-13)16(5-7-21-8-6-16)10-18-15(20)14-9-22-11-19-14;/h1-4,14,19H,5-11H2,(H,18,20);1H. The zero-order valence-electron chi connectivity index (χ0n) is 12.8. The average Bonchev–Trinajstić information content (AvgIpc) is 3.09. The van der Waals surface area contributed by atoms with Crippen LogP contribution in [0.25, 0.3) is 0 Å². The molecular weight excluding hydrogens is 355 g/mol. The number of carbonyl (C=O) groups excluding carboxylic acids is 1. The lowest BCUT2D eigenvalue weighted by Gasteiger charge is -2.38. The summed E-state index contributed by atoms with van der Waals surface area (Å²) in [4.78, 5) is 12.3. The Hall–Kier alpha value is -0.460. The fourth-order valence-corrected chi connectivity index (χ4v) is 4.14. The molecule has 1 unspecified atom stereocenters. The molecule has 0 saturated carbocycles. The highest BCUT2D eigenvalue weighted by Crippen LogP contribution is 2.35. The number of nitrogens with one attached hydrogen (secondary N) is 2. The van der Waals surface area contributed by atoms with Crippen LogP contribution in [-0.4, -0.2) is 43.3 Å². The maximum Gasteiger partial charge on any atom is 0.238 e. The summed E-state index contributed by atoms with van der Waals surface area (Å²) in [5.74, 6) is 1.81. The van der Waals surface area contributed by atoms with Crippen molar-refractivity contribution in [3.63, 3.8) is 0 Å². The van der Waals surface area contributed by atoms with Crippen molar-refractivity contribution in [2.24, 2.45) is 0 Å². The Kier molecular flexibility index (Phi) is 7.04. The Labute approximate surface area is 152 Å². The second kappa shape index (κ2) is 8.58. The maximum absolute atomic E-state index is 12.3. The number of hydrogen-bond donors (Lipinski definition) is 2. The van der Waals surface area contributed by atoms with Crippen LogP contribution in [0.4, 0.5) is 0 Å². The largest absolute Gasteiger partial charge is 0.381 e. The minimum Gasteiger partial charge on any atom is -0.381 e. The molecule has 23 heavy (non-hydrogen) atoms. The molecule has 1 atom stereocenters. The highest BCUT2D eigenvalue weighted by molar-refractivity contribution is 7.99. The van der Waals surface area contributed by atoms with Crippen LogP contribution < -0.4 is 10.6 Å². The summed E-state index contributed by atoms with van der Waals surface area (Å²) in [6, 6.07) is 7.93. The zero-order valence-corrected chi connectivity index (χ0v) is 15.2. The summed E-state index contributed by atoms with van der Waals surface area (Å²) in [6.45, 7) is 2.12. The minimum absolute atomic E-state index is 0. The Morgan fingerprint density at radius 3 is 2.65 bits per heavy atom. The van der Waals surface area contributed by atoms with E-state index in [1.54, 1.807) is 11.8 Å². The van der Waals surface area contributed by atoms with Gasteiger partial charge in [0.25, 0.3) is 0 Å². The topological polar surface area (TPSA) is 50.4 Å². The molecule has 128 valence electrons. The van der Waals surface area contributed by atoms with Crippen LogP contribution >= 0.6 is 35.8 Å². The van der Waals surface area contributed by atoms with Gasteiger partial charge in [-0.1, -0.05) is 23.7 Å². The van der Waals surface area contributed by atoms with Gasteiger partial charge < -0.3 is 10.1 Å². The van der Waals surface area contributed by atoms with Crippen LogP contribution in [0.2, 0.25) is 5.02 Å². The number of ether oxygens (including phenoxy) is 1. The van der Waals surface area contributed by atoms with E-state index in [-0.39, 0.29) is 29.8 Å². The normalized spacial score (nSPS) is 23.1. The number of amides is 1. The molecule has 0 spiro atoms. The smallest absolute Gasteiger partial charge is 0.238 e. The van der Waals surface area contributed by atoms with Gasteiger partial charge in [-0.15, -0.1) is 24.2 Å². The molecule has 2 heterocycles. The second-order valence-corrected chi connectivity index (χ2v) is 7.36. The first kappa shape index (κ1) is 18.9. The van der Waals surface area contributed by atoms with Gasteiger partial charge in [-0.05, 0) is 30.5 Å². The van der Waals surface area contributed by atoms with E-state index >= 15 is 0 Å². The molecule has 0 radical (unpaired) electrons. The summed E-state index contributed by atoms with van der Waals surface area (Å²) in [5, 5.41) is 7.10. The molecule has 2 saturated heterocycles. The fourth-order valence-electron chi connectivity index (χ4n) is 3.08. The van der Waals surface area contributed by atoms with Crippen molar-refractivity contribution in [2.45, 2.75) is 24.3 Å². The van der Waals surface area contributed by atoms with Gasteiger partial charge >= 0.3 is 0 Å². The van der Waals surface area contributed by atoms with Crippen molar-refractivity contribution in [1.29, 1.82) is 0 Å². The lowest BCUT2D eigenvalue weighted by atomic mass is 9.74. The van der Waals surface area contributed by atoms with E-state index in [9.17, 15) is 4.79 Å². The van der Waals surface area contributed by atoms with Gasteiger partial charge in [0, 0.05) is 41.8 Å². The molecule has 1 amide bonds. The Bertz CT molecular complexity index is 515. The summed E-state index contributed by atoms with van der Waals surface area (Å²) in [7, 11) is 0. The Morgan fingerprint density at radius 1 is 1.35 bits per heavy atom. The lowest BCUT2D eigenvalue weighted by Crippen LogP contribution is -2.49. The molecule has 3 rings (SSSR count). The van der Waals surface area contributed by atoms with E-state index in [2.05, 4.69) is 22.8 Å². The van der Waals surface area contributed by atoms with Gasteiger partial charge in [-0.2, -0.15) is 0 Å². The molecule has 1 aromatic rings. The molecule has 2 aliphatic rings. The highest BCUT2D eigenvalue weighted by atomic mass is 35.5.